The zero-order chi connectivity index (χ0) is 15.9. The van der Waals surface area contributed by atoms with E-state index in [0.717, 1.165) is 17.9 Å². The van der Waals surface area contributed by atoms with Crippen molar-refractivity contribution >= 4 is 23.6 Å². The number of thioether (sulfide) groups is 1. The number of amides is 1. The van der Waals surface area contributed by atoms with E-state index in [1.54, 1.807) is 31.2 Å². The van der Waals surface area contributed by atoms with Crippen molar-refractivity contribution < 1.29 is 19.4 Å². The zero-order valence-electron chi connectivity index (χ0n) is 12.4. The molecule has 1 amide bonds. The summed E-state index contributed by atoms with van der Waals surface area (Å²) >= 11 is 1.52. The summed E-state index contributed by atoms with van der Waals surface area (Å²) < 4.78 is 5.03. The van der Waals surface area contributed by atoms with Gasteiger partial charge in [-0.05, 0) is 24.6 Å². The van der Waals surface area contributed by atoms with Crippen LogP contribution in [0.4, 0.5) is 0 Å². The lowest BCUT2D eigenvalue weighted by molar-refractivity contribution is -0.147. The molecule has 2 atom stereocenters. The molecule has 1 aromatic rings. The Morgan fingerprint density at radius 3 is 2.77 bits per heavy atom. The summed E-state index contributed by atoms with van der Waals surface area (Å²) in [4.78, 5) is 24.2. The summed E-state index contributed by atoms with van der Waals surface area (Å²) in [6.07, 6.45) is 0.322. The summed E-state index contributed by atoms with van der Waals surface area (Å²) in [7, 11) is 0. The maximum Gasteiger partial charge on any atom is 0.328 e. The minimum atomic E-state index is -0.736. The third-order valence-electron chi connectivity index (χ3n) is 3.22. The van der Waals surface area contributed by atoms with Crippen LogP contribution in [-0.2, 0) is 20.7 Å². The Kier molecular flexibility index (Phi) is 6.09. The number of benzene rings is 1. The minimum absolute atomic E-state index is 0.159. The van der Waals surface area contributed by atoms with Crippen molar-refractivity contribution in [1.29, 1.82) is 0 Å². The van der Waals surface area contributed by atoms with Crippen molar-refractivity contribution in [2.45, 2.75) is 24.8 Å². The van der Waals surface area contributed by atoms with Crippen molar-refractivity contribution in [2.24, 2.45) is 0 Å². The topological polar surface area (TPSA) is 87.7 Å². The third-order valence-corrected chi connectivity index (χ3v) is 4.37. The fourth-order valence-electron chi connectivity index (χ4n) is 2.15. The quantitative estimate of drug-likeness (QED) is 0.666. The number of phenols is 1. The number of rotatable bonds is 6. The molecule has 120 valence electrons. The summed E-state index contributed by atoms with van der Waals surface area (Å²) in [5.41, 5.74) is 0.836. The van der Waals surface area contributed by atoms with Gasteiger partial charge in [0.15, 0.2) is 0 Å². The van der Waals surface area contributed by atoms with Crippen LogP contribution in [0.15, 0.2) is 24.3 Å². The fourth-order valence-corrected chi connectivity index (χ4v) is 3.07. The van der Waals surface area contributed by atoms with Crippen LogP contribution in [0.2, 0.25) is 0 Å². The van der Waals surface area contributed by atoms with Crippen LogP contribution in [0, 0.1) is 0 Å². The highest BCUT2D eigenvalue weighted by Crippen LogP contribution is 2.15. The van der Waals surface area contributed by atoms with E-state index >= 15 is 0 Å². The molecule has 0 radical (unpaired) electrons. The van der Waals surface area contributed by atoms with Gasteiger partial charge in [0.25, 0.3) is 0 Å². The Morgan fingerprint density at radius 2 is 2.18 bits per heavy atom. The Balaban J connectivity index is 2.03. The molecule has 6 nitrogen and oxygen atoms in total. The summed E-state index contributed by atoms with van der Waals surface area (Å²) in [6, 6.07) is 5.80. The smallest absolute Gasteiger partial charge is 0.328 e. The molecule has 2 rings (SSSR count). The summed E-state index contributed by atoms with van der Waals surface area (Å²) in [5, 5.41) is 14.8. The molecule has 0 aromatic heterocycles. The number of aromatic hydroxyl groups is 1. The maximum absolute atomic E-state index is 12.2. The molecule has 1 saturated heterocycles. The largest absolute Gasteiger partial charge is 0.508 e. The predicted molar refractivity (Wildman–Crippen MR) is 84.6 cm³/mol. The molecule has 0 unspecified atom stereocenters. The van der Waals surface area contributed by atoms with Crippen molar-refractivity contribution in [2.75, 3.05) is 18.9 Å². The molecule has 1 heterocycles. The maximum atomic E-state index is 12.2. The number of carbonyl (C=O) groups is 2. The van der Waals surface area contributed by atoms with Crippen molar-refractivity contribution in [3.05, 3.63) is 29.8 Å². The molecule has 0 spiro atoms. The number of hydrogen-bond donors (Lipinski definition) is 3. The average Bonchev–Trinajstić information content (AvgIpc) is 3.03. The van der Waals surface area contributed by atoms with Gasteiger partial charge in [-0.2, -0.15) is 0 Å². The minimum Gasteiger partial charge on any atom is -0.508 e. The molecule has 1 aliphatic heterocycles. The lowest BCUT2D eigenvalue weighted by Gasteiger charge is -2.19. The summed E-state index contributed by atoms with van der Waals surface area (Å²) in [5.74, 6) is 0.374. The van der Waals surface area contributed by atoms with Crippen LogP contribution in [-0.4, -0.2) is 47.3 Å². The normalized spacial score (nSPS) is 18.7. The average molecular weight is 324 g/mol. The molecule has 1 aromatic carbocycles. The first-order chi connectivity index (χ1) is 10.6. The Bertz CT molecular complexity index is 515. The highest BCUT2D eigenvalue weighted by atomic mass is 32.2. The van der Waals surface area contributed by atoms with Gasteiger partial charge in [0.1, 0.15) is 17.2 Å². The van der Waals surface area contributed by atoms with Crippen LogP contribution in [0.1, 0.15) is 12.5 Å². The van der Waals surface area contributed by atoms with Gasteiger partial charge in [-0.25, -0.2) is 4.79 Å². The van der Waals surface area contributed by atoms with E-state index in [-0.39, 0.29) is 23.6 Å². The molecule has 0 saturated carbocycles. The zero-order valence-corrected chi connectivity index (χ0v) is 13.2. The molecule has 0 aliphatic carbocycles. The SMILES string of the molecule is CCOC(=O)[C@H](Cc1ccc(O)cc1)NC(=O)[C@H]1NCCS1. The van der Waals surface area contributed by atoms with Gasteiger partial charge in [-0.3, -0.25) is 10.1 Å². The van der Waals surface area contributed by atoms with Gasteiger partial charge in [0, 0.05) is 18.7 Å². The van der Waals surface area contributed by atoms with E-state index in [9.17, 15) is 14.7 Å². The molecule has 1 fully saturated rings. The first-order valence-electron chi connectivity index (χ1n) is 7.20. The molecule has 0 bridgehead atoms. The highest BCUT2D eigenvalue weighted by molar-refractivity contribution is 8.00. The molecule has 1 aliphatic rings. The third kappa shape index (κ3) is 4.64. The Hall–Kier alpha value is -1.73. The van der Waals surface area contributed by atoms with E-state index in [4.69, 9.17) is 4.74 Å². The van der Waals surface area contributed by atoms with Gasteiger partial charge >= 0.3 is 5.97 Å². The van der Waals surface area contributed by atoms with Gasteiger partial charge in [-0.15, -0.1) is 11.8 Å². The van der Waals surface area contributed by atoms with E-state index in [2.05, 4.69) is 10.6 Å². The molecule has 22 heavy (non-hydrogen) atoms. The van der Waals surface area contributed by atoms with Crippen molar-refractivity contribution in [3.8, 4) is 5.75 Å². The standard InChI is InChI=1S/C15H20N2O4S/c1-2-21-15(20)12(9-10-3-5-11(18)6-4-10)17-13(19)14-16-7-8-22-14/h3-6,12,14,16,18H,2,7-9H2,1H3,(H,17,19)/t12-,14-/m0/s1. The lowest BCUT2D eigenvalue weighted by atomic mass is 10.1. The first-order valence-corrected chi connectivity index (χ1v) is 8.25. The number of esters is 1. The highest BCUT2D eigenvalue weighted by Gasteiger charge is 2.28. The number of nitrogens with one attached hydrogen (secondary N) is 2. The fraction of sp³-hybridized carbons (Fsp3) is 0.467. The van der Waals surface area contributed by atoms with Crippen LogP contribution < -0.4 is 10.6 Å². The van der Waals surface area contributed by atoms with Crippen molar-refractivity contribution in [3.63, 3.8) is 0 Å². The summed E-state index contributed by atoms with van der Waals surface area (Å²) in [6.45, 7) is 2.77. The molecule has 7 heteroatoms. The van der Waals surface area contributed by atoms with E-state index < -0.39 is 12.0 Å². The van der Waals surface area contributed by atoms with E-state index in [1.807, 2.05) is 0 Å². The van der Waals surface area contributed by atoms with Crippen LogP contribution in [0.3, 0.4) is 0 Å². The second kappa shape index (κ2) is 8.05. The molecular formula is C15H20N2O4S. The van der Waals surface area contributed by atoms with Gasteiger partial charge < -0.3 is 15.2 Å². The van der Waals surface area contributed by atoms with Crippen molar-refractivity contribution in [1.82, 2.24) is 10.6 Å². The van der Waals surface area contributed by atoms with Crippen LogP contribution in [0.25, 0.3) is 0 Å². The molecular weight excluding hydrogens is 304 g/mol. The number of hydrogen-bond acceptors (Lipinski definition) is 6. The van der Waals surface area contributed by atoms with Crippen LogP contribution >= 0.6 is 11.8 Å². The van der Waals surface area contributed by atoms with Gasteiger partial charge in [0.05, 0.1) is 6.61 Å². The lowest BCUT2D eigenvalue weighted by Crippen LogP contribution is -2.48. The van der Waals surface area contributed by atoms with E-state index in [0.29, 0.717) is 6.42 Å². The number of ether oxygens (including phenoxy) is 1. The Labute approximate surface area is 133 Å². The van der Waals surface area contributed by atoms with E-state index in [1.165, 1.54) is 11.8 Å². The second-order valence-electron chi connectivity index (χ2n) is 4.89. The Morgan fingerprint density at radius 1 is 1.45 bits per heavy atom. The van der Waals surface area contributed by atoms with Crippen LogP contribution in [0.5, 0.6) is 5.75 Å². The second-order valence-corrected chi connectivity index (χ2v) is 6.10. The van der Waals surface area contributed by atoms with Gasteiger partial charge in [0.2, 0.25) is 5.91 Å². The first kappa shape index (κ1) is 16.6. The number of phenolic OH excluding ortho intramolecular Hbond substituents is 1. The van der Waals surface area contributed by atoms with Gasteiger partial charge in [-0.1, -0.05) is 12.1 Å². The monoisotopic (exact) mass is 324 g/mol. The number of carbonyl (C=O) groups excluding carboxylic acids is 2. The molecule has 3 N–H and O–H groups in total. The predicted octanol–water partition coefficient (Wildman–Crippen LogP) is 0.645.